The molecule has 90 valence electrons. The van der Waals surface area contributed by atoms with Gasteiger partial charge in [0.05, 0.1) is 0 Å². The summed E-state index contributed by atoms with van der Waals surface area (Å²) in [6.45, 7) is 4.12. The van der Waals surface area contributed by atoms with E-state index < -0.39 is 12.0 Å². The third kappa shape index (κ3) is 7.37. The normalized spacial score (nSPS) is 14.9. The van der Waals surface area contributed by atoms with Crippen molar-refractivity contribution in [3.8, 4) is 0 Å². The fourth-order valence-corrected chi connectivity index (χ4v) is 1.67. The Kier molecular flexibility index (Phi) is 8.38. The molecule has 0 aliphatic carbocycles. The van der Waals surface area contributed by atoms with Gasteiger partial charge < -0.3 is 10.8 Å². The molecule has 0 radical (unpaired) electrons. The van der Waals surface area contributed by atoms with Crippen molar-refractivity contribution >= 4 is 5.97 Å². The molecule has 0 spiro atoms. The Morgan fingerprint density at radius 1 is 1.20 bits per heavy atom. The van der Waals surface area contributed by atoms with Crippen molar-refractivity contribution in [2.24, 2.45) is 11.7 Å². The van der Waals surface area contributed by atoms with E-state index >= 15 is 0 Å². The van der Waals surface area contributed by atoms with Crippen LogP contribution in [-0.2, 0) is 4.79 Å². The van der Waals surface area contributed by atoms with Crippen molar-refractivity contribution in [3.05, 3.63) is 0 Å². The van der Waals surface area contributed by atoms with Crippen molar-refractivity contribution in [1.29, 1.82) is 0 Å². The van der Waals surface area contributed by atoms with Crippen LogP contribution in [-0.4, -0.2) is 17.1 Å². The minimum absolute atomic E-state index is 0.0914. The number of hydrogen-bond donors (Lipinski definition) is 2. The molecule has 0 bridgehead atoms. The molecule has 0 aromatic heterocycles. The van der Waals surface area contributed by atoms with Crippen LogP contribution < -0.4 is 5.73 Å². The van der Waals surface area contributed by atoms with E-state index in [1.165, 1.54) is 32.1 Å². The first-order valence-electron chi connectivity index (χ1n) is 6.08. The highest BCUT2D eigenvalue weighted by Crippen LogP contribution is 2.14. The van der Waals surface area contributed by atoms with Gasteiger partial charge in [-0.2, -0.15) is 0 Å². The average Bonchev–Trinajstić information content (AvgIpc) is 2.21. The van der Waals surface area contributed by atoms with Gasteiger partial charge in [-0.05, 0) is 12.3 Å². The third-order valence-electron chi connectivity index (χ3n) is 2.91. The summed E-state index contributed by atoms with van der Waals surface area (Å²) >= 11 is 0. The van der Waals surface area contributed by atoms with Gasteiger partial charge in [-0.25, -0.2) is 0 Å². The molecule has 3 nitrogen and oxygen atoms in total. The lowest BCUT2D eigenvalue weighted by molar-refractivity contribution is -0.139. The molecule has 0 rings (SSSR count). The van der Waals surface area contributed by atoms with Crippen molar-refractivity contribution in [2.75, 3.05) is 0 Å². The first-order valence-corrected chi connectivity index (χ1v) is 6.08. The van der Waals surface area contributed by atoms with E-state index in [9.17, 15) is 4.79 Å². The van der Waals surface area contributed by atoms with E-state index in [-0.39, 0.29) is 5.92 Å². The molecule has 0 heterocycles. The zero-order valence-corrected chi connectivity index (χ0v) is 10.0. The van der Waals surface area contributed by atoms with E-state index in [1.54, 1.807) is 0 Å². The molecule has 0 aliphatic heterocycles. The lowest BCUT2D eigenvalue weighted by Gasteiger charge is -2.15. The van der Waals surface area contributed by atoms with Gasteiger partial charge in [0.2, 0.25) is 0 Å². The maximum absolute atomic E-state index is 10.6. The summed E-state index contributed by atoms with van der Waals surface area (Å²) in [4.78, 5) is 10.6. The van der Waals surface area contributed by atoms with Gasteiger partial charge >= 0.3 is 5.97 Å². The molecular formula is C12H25NO2. The average molecular weight is 215 g/mol. The van der Waals surface area contributed by atoms with Crippen LogP contribution in [0.1, 0.15) is 58.8 Å². The molecule has 0 saturated carbocycles. The maximum Gasteiger partial charge on any atom is 0.320 e. The van der Waals surface area contributed by atoms with Gasteiger partial charge in [0, 0.05) is 0 Å². The standard InChI is InChI=1S/C12H25NO2/c1-3-4-5-6-7-8-9-10(2)11(13)12(14)15/h10-11H,3-9,13H2,1-2H3,(H,14,15). The SMILES string of the molecule is CCCCCCCCC(C)C(N)C(=O)O. The van der Waals surface area contributed by atoms with Gasteiger partial charge in [0.15, 0.2) is 0 Å². The van der Waals surface area contributed by atoms with Crippen LogP contribution in [0.5, 0.6) is 0 Å². The van der Waals surface area contributed by atoms with Crippen molar-refractivity contribution in [2.45, 2.75) is 64.8 Å². The number of unbranched alkanes of at least 4 members (excludes halogenated alkanes) is 5. The second-order valence-corrected chi connectivity index (χ2v) is 4.40. The first kappa shape index (κ1) is 14.4. The van der Waals surface area contributed by atoms with E-state index in [2.05, 4.69) is 6.92 Å². The third-order valence-corrected chi connectivity index (χ3v) is 2.91. The molecule has 0 aromatic carbocycles. The minimum atomic E-state index is -0.881. The van der Waals surface area contributed by atoms with Gasteiger partial charge in [-0.1, -0.05) is 52.4 Å². The van der Waals surface area contributed by atoms with Crippen LogP contribution in [0, 0.1) is 5.92 Å². The largest absolute Gasteiger partial charge is 0.480 e. The summed E-state index contributed by atoms with van der Waals surface area (Å²) in [6.07, 6.45) is 8.38. The Morgan fingerprint density at radius 3 is 2.27 bits per heavy atom. The zero-order valence-electron chi connectivity index (χ0n) is 10.0. The molecule has 0 saturated heterocycles. The number of carbonyl (C=O) groups is 1. The Labute approximate surface area is 93.0 Å². The van der Waals surface area contributed by atoms with Crippen LogP contribution in [0.4, 0.5) is 0 Å². The quantitative estimate of drug-likeness (QED) is 0.581. The minimum Gasteiger partial charge on any atom is -0.480 e. The summed E-state index contributed by atoms with van der Waals surface area (Å²) in [6, 6.07) is -0.694. The van der Waals surface area contributed by atoms with Crippen LogP contribution in [0.15, 0.2) is 0 Å². The lowest BCUT2D eigenvalue weighted by atomic mass is 9.95. The fraction of sp³-hybridized carbons (Fsp3) is 0.917. The number of nitrogens with two attached hydrogens (primary N) is 1. The summed E-state index contributed by atoms with van der Waals surface area (Å²) < 4.78 is 0. The number of rotatable bonds is 9. The molecular weight excluding hydrogens is 190 g/mol. The van der Waals surface area contributed by atoms with E-state index in [0.29, 0.717) is 0 Å². The van der Waals surface area contributed by atoms with Crippen molar-refractivity contribution < 1.29 is 9.90 Å². The number of aliphatic carboxylic acids is 1. The highest BCUT2D eigenvalue weighted by molar-refractivity contribution is 5.73. The van der Waals surface area contributed by atoms with Gasteiger partial charge in [0.25, 0.3) is 0 Å². The number of carboxylic acids is 1. The smallest absolute Gasteiger partial charge is 0.320 e. The number of hydrogen-bond acceptors (Lipinski definition) is 2. The van der Waals surface area contributed by atoms with Crippen LogP contribution in [0.2, 0.25) is 0 Å². The van der Waals surface area contributed by atoms with E-state index in [1.807, 2.05) is 6.92 Å². The van der Waals surface area contributed by atoms with Crippen LogP contribution >= 0.6 is 0 Å². The molecule has 2 atom stereocenters. The van der Waals surface area contributed by atoms with Crippen LogP contribution in [0.3, 0.4) is 0 Å². The molecule has 3 heteroatoms. The Bertz CT molecular complexity index is 171. The predicted molar refractivity (Wildman–Crippen MR) is 62.8 cm³/mol. The van der Waals surface area contributed by atoms with Crippen molar-refractivity contribution in [3.63, 3.8) is 0 Å². The van der Waals surface area contributed by atoms with Gasteiger partial charge in [-0.3, -0.25) is 4.79 Å². The second kappa shape index (κ2) is 8.72. The maximum atomic E-state index is 10.6. The molecule has 3 N–H and O–H groups in total. The molecule has 15 heavy (non-hydrogen) atoms. The summed E-state index contributed by atoms with van der Waals surface area (Å²) in [5.74, 6) is -0.790. The van der Waals surface area contributed by atoms with Crippen molar-refractivity contribution in [1.82, 2.24) is 0 Å². The highest BCUT2D eigenvalue weighted by Gasteiger charge is 2.18. The zero-order chi connectivity index (χ0) is 11.7. The highest BCUT2D eigenvalue weighted by atomic mass is 16.4. The second-order valence-electron chi connectivity index (χ2n) is 4.40. The molecule has 2 unspecified atom stereocenters. The van der Waals surface area contributed by atoms with Crippen LogP contribution in [0.25, 0.3) is 0 Å². The molecule has 0 aliphatic rings. The Balaban J connectivity index is 3.38. The molecule has 0 fully saturated rings. The van der Waals surface area contributed by atoms with Gasteiger partial charge in [-0.15, -0.1) is 0 Å². The monoisotopic (exact) mass is 215 g/mol. The van der Waals surface area contributed by atoms with E-state index in [4.69, 9.17) is 10.8 Å². The summed E-state index contributed by atoms with van der Waals surface area (Å²) in [5, 5.41) is 8.70. The number of carboxylic acid groups (broad SMARTS) is 1. The fourth-order valence-electron chi connectivity index (χ4n) is 1.67. The van der Waals surface area contributed by atoms with Gasteiger partial charge in [0.1, 0.15) is 6.04 Å². The molecule has 0 aromatic rings. The Hall–Kier alpha value is -0.570. The van der Waals surface area contributed by atoms with E-state index in [0.717, 1.165) is 12.8 Å². The predicted octanol–water partition coefficient (Wildman–Crippen LogP) is 2.79. The molecule has 0 amide bonds. The Morgan fingerprint density at radius 2 is 1.73 bits per heavy atom. The first-order chi connectivity index (χ1) is 7.09. The lowest BCUT2D eigenvalue weighted by Crippen LogP contribution is -2.36. The summed E-state index contributed by atoms with van der Waals surface area (Å²) in [7, 11) is 0. The topological polar surface area (TPSA) is 63.3 Å². The summed E-state index contributed by atoms with van der Waals surface area (Å²) in [5.41, 5.74) is 5.52.